The summed E-state index contributed by atoms with van der Waals surface area (Å²) in [4.78, 5) is 9.63. The van der Waals surface area contributed by atoms with Crippen LogP contribution in [0.2, 0.25) is 0 Å². The molecular weight excluding hydrogens is 540 g/mol. The summed E-state index contributed by atoms with van der Waals surface area (Å²) in [7, 11) is 0. The summed E-state index contributed by atoms with van der Waals surface area (Å²) in [6.45, 7) is 14.8. The van der Waals surface area contributed by atoms with Crippen molar-refractivity contribution in [1.29, 1.82) is 0 Å². The van der Waals surface area contributed by atoms with Crippen LogP contribution in [0.3, 0.4) is 0 Å². The van der Waals surface area contributed by atoms with E-state index in [1.54, 1.807) is 0 Å². The third-order valence-electron chi connectivity index (χ3n) is 8.65. The lowest BCUT2D eigenvalue weighted by molar-refractivity contribution is 0.539. The van der Waals surface area contributed by atoms with Gasteiger partial charge in [-0.15, -0.1) is 0 Å². The fourth-order valence-corrected chi connectivity index (χ4v) is 6.78. The van der Waals surface area contributed by atoms with Crippen molar-refractivity contribution in [3.8, 4) is 0 Å². The van der Waals surface area contributed by atoms with E-state index in [9.17, 15) is 0 Å². The summed E-state index contributed by atoms with van der Waals surface area (Å²) in [6.07, 6.45) is 8.77. The highest BCUT2D eigenvalue weighted by Gasteiger charge is 2.16. The third-order valence-corrected chi connectivity index (χ3v) is 8.65. The van der Waals surface area contributed by atoms with Gasteiger partial charge in [-0.2, -0.15) is 0 Å². The SMILES string of the molecule is CC(C)Cn1c2ccccc2c2ccnc(CNCCCCCCNCc3nccc4c5ccccc5n(CC(C)C)c34)c21. The standard InChI is InChI=1S/C38H48N6/c1-27(2)25-43-35-15-9-7-13-29(35)31-17-21-41-33(37(31)43)23-39-19-11-5-6-12-20-40-24-34-38-32(18-22-42-34)30-14-8-10-16-36(30)44(38)26-28(3)4/h7-10,13-18,21-22,27-28,39-40H,5-6,11-12,19-20,23-26H2,1-4H3. The van der Waals surface area contributed by atoms with E-state index in [2.05, 4.69) is 108 Å². The summed E-state index contributed by atoms with van der Waals surface area (Å²) in [5, 5.41) is 12.6. The maximum Gasteiger partial charge on any atom is 0.0784 e. The second-order valence-electron chi connectivity index (χ2n) is 13.1. The Morgan fingerprint density at radius 2 is 0.977 bits per heavy atom. The number of hydrogen-bond acceptors (Lipinski definition) is 4. The number of aromatic nitrogens is 4. The summed E-state index contributed by atoms with van der Waals surface area (Å²) in [5.74, 6) is 1.15. The summed E-state index contributed by atoms with van der Waals surface area (Å²) >= 11 is 0. The Morgan fingerprint density at radius 1 is 0.545 bits per heavy atom. The van der Waals surface area contributed by atoms with E-state index >= 15 is 0 Å². The Bertz CT molecular complexity index is 1710. The van der Waals surface area contributed by atoms with Gasteiger partial charge >= 0.3 is 0 Å². The van der Waals surface area contributed by atoms with Crippen molar-refractivity contribution in [2.24, 2.45) is 11.8 Å². The van der Waals surface area contributed by atoms with Crippen molar-refractivity contribution in [2.75, 3.05) is 13.1 Å². The molecule has 0 saturated carbocycles. The maximum atomic E-state index is 4.82. The van der Waals surface area contributed by atoms with Crippen molar-refractivity contribution in [3.63, 3.8) is 0 Å². The van der Waals surface area contributed by atoms with Gasteiger partial charge in [0, 0.05) is 71.2 Å². The molecule has 0 aliphatic heterocycles. The molecule has 0 fully saturated rings. The molecule has 230 valence electrons. The van der Waals surface area contributed by atoms with Gasteiger partial charge in [0.05, 0.1) is 22.4 Å². The van der Waals surface area contributed by atoms with Crippen molar-refractivity contribution in [2.45, 2.75) is 79.6 Å². The molecular formula is C38H48N6. The van der Waals surface area contributed by atoms with E-state index in [0.29, 0.717) is 11.8 Å². The predicted octanol–water partition coefficient (Wildman–Crippen LogP) is 8.44. The minimum atomic E-state index is 0.575. The predicted molar refractivity (Wildman–Crippen MR) is 186 cm³/mol. The van der Waals surface area contributed by atoms with Gasteiger partial charge in [0.15, 0.2) is 0 Å². The van der Waals surface area contributed by atoms with E-state index < -0.39 is 0 Å². The minimum Gasteiger partial charge on any atom is -0.339 e. The van der Waals surface area contributed by atoms with Crippen LogP contribution in [-0.2, 0) is 26.2 Å². The average Bonchev–Trinajstić information content (AvgIpc) is 3.51. The first-order valence-corrected chi connectivity index (χ1v) is 16.6. The summed E-state index contributed by atoms with van der Waals surface area (Å²) in [6, 6.07) is 21.9. The fourth-order valence-electron chi connectivity index (χ4n) is 6.78. The molecule has 44 heavy (non-hydrogen) atoms. The number of nitrogens with zero attached hydrogens (tertiary/aromatic N) is 4. The minimum absolute atomic E-state index is 0.575. The van der Waals surface area contributed by atoms with Crippen LogP contribution in [0.15, 0.2) is 73.1 Å². The van der Waals surface area contributed by atoms with Crippen LogP contribution < -0.4 is 10.6 Å². The van der Waals surface area contributed by atoms with Gasteiger partial charge < -0.3 is 19.8 Å². The molecule has 0 spiro atoms. The second kappa shape index (κ2) is 13.9. The number of hydrogen-bond donors (Lipinski definition) is 2. The van der Waals surface area contributed by atoms with Crippen LogP contribution in [0.5, 0.6) is 0 Å². The first kappa shape index (κ1) is 30.3. The van der Waals surface area contributed by atoms with Gasteiger partial charge in [-0.1, -0.05) is 76.9 Å². The lowest BCUT2D eigenvalue weighted by atomic mass is 10.1. The van der Waals surface area contributed by atoms with Crippen molar-refractivity contribution in [3.05, 3.63) is 84.4 Å². The quantitative estimate of drug-likeness (QED) is 0.118. The molecule has 6 nitrogen and oxygen atoms in total. The molecule has 0 amide bonds. The molecule has 0 aliphatic rings. The molecule has 4 aromatic heterocycles. The molecule has 6 rings (SSSR count). The Balaban J connectivity index is 0.977. The van der Waals surface area contributed by atoms with Crippen LogP contribution in [0, 0.1) is 11.8 Å². The van der Waals surface area contributed by atoms with Crippen LogP contribution in [-0.4, -0.2) is 32.2 Å². The molecule has 4 heterocycles. The van der Waals surface area contributed by atoms with Crippen LogP contribution in [0.4, 0.5) is 0 Å². The first-order chi connectivity index (χ1) is 21.5. The molecule has 0 bridgehead atoms. The van der Waals surface area contributed by atoms with Gasteiger partial charge in [-0.05, 0) is 62.0 Å². The van der Waals surface area contributed by atoms with Gasteiger partial charge in [-0.3, -0.25) is 9.97 Å². The molecule has 6 aromatic rings. The zero-order valence-corrected chi connectivity index (χ0v) is 26.9. The largest absolute Gasteiger partial charge is 0.339 e. The van der Waals surface area contributed by atoms with Gasteiger partial charge in [0.2, 0.25) is 0 Å². The van der Waals surface area contributed by atoms with E-state index in [4.69, 9.17) is 9.97 Å². The highest BCUT2D eigenvalue weighted by Crippen LogP contribution is 2.32. The number of pyridine rings is 2. The average molecular weight is 589 g/mol. The van der Waals surface area contributed by atoms with Crippen molar-refractivity contribution in [1.82, 2.24) is 29.7 Å². The first-order valence-electron chi connectivity index (χ1n) is 16.6. The Labute approximate surface area is 261 Å². The third kappa shape index (κ3) is 6.38. The zero-order chi connectivity index (χ0) is 30.5. The van der Waals surface area contributed by atoms with E-state index in [0.717, 1.165) is 50.7 Å². The zero-order valence-electron chi connectivity index (χ0n) is 26.9. The normalized spacial score (nSPS) is 12.2. The lowest BCUT2D eigenvalue weighted by Crippen LogP contribution is -2.18. The van der Waals surface area contributed by atoms with Crippen molar-refractivity contribution < 1.29 is 0 Å². The lowest BCUT2D eigenvalue weighted by Gasteiger charge is -2.13. The molecule has 0 aliphatic carbocycles. The van der Waals surface area contributed by atoms with Gasteiger partial charge in [0.25, 0.3) is 0 Å². The number of unbranched alkanes of at least 4 members (excludes halogenated alkanes) is 3. The smallest absolute Gasteiger partial charge is 0.0784 e. The topological polar surface area (TPSA) is 59.7 Å². The molecule has 0 radical (unpaired) electrons. The number of fused-ring (bicyclic) bond motifs is 6. The van der Waals surface area contributed by atoms with Crippen LogP contribution in [0.25, 0.3) is 43.6 Å². The highest BCUT2D eigenvalue weighted by molar-refractivity contribution is 6.09. The molecule has 6 heteroatoms. The molecule has 2 aromatic carbocycles. The van der Waals surface area contributed by atoms with E-state index in [1.807, 2.05) is 12.4 Å². The highest BCUT2D eigenvalue weighted by atomic mass is 15.0. The van der Waals surface area contributed by atoms with E-state index in [-0.39, 0.29) is 0 Å². The maximum absolute atomic E-state index is 4.82. The summed E-state index contributed by atoms with van der Waals surface area (Å²) in [5.41, 5.74) is 7.50. The molecule has 2 N–H and O–H groups in total. The van der Waals surface area contributed by atoms with Gasteiger partial charge in [0.1, 0.15) is 0 Å². The van der Waals surface area contributed by atoms with Crippen LogP contribution in [0.1, 0.15) is 64.8 Å². The molecule has 0 atom stereocenters. The van der Waals surface area contributed by atoms with Gasteiger partial charge in [-0.25, -0.2) is 0 Å². The van der Waals surface area contributed by atoms with E-state index in [1.165, 1.54) is 69.3 Å². The number of nitrogens with one attached hydrogen (secondary N) is 2. The summed E-state index contributed by atoms with van der Waals surface area (Å²) < 4.78 is 4.96. The molecule has 0 unspecified atom stereocenters. The Hall–Kier alpha value is -3.74. The fraction of sp³-hybridized carbons (Fsp3) is 0.421. The number of rotatable bonds is 15. The monoisotopic (exact) mass is 588 g/mol. The Morgan fingerprint density at radius 3 is 1.41 bits per heavy atom. The Kier molecular flexibility index (Phi) is 9.58. The van der Waals surface area contributed by atoms with Crippen molar-refractivity contribution >= 4 is 43.6 Å². The number of benzene rings is 2. The van der Waals surface area contributed by atoms with Crippen LogP contribution >= 0.6 is 0 Å². The second-order valence-corrected chi connectivity index (χ2v) is 13.1. The number of para-hydroxylation sites is 2. The molecule has 0 saturated heterocycles.